The van der Waals surface area contributed by atoms with Gasteiger partial charge in [0, 0.05) is 47.7 Å². The van der Waals surface area contributed by atoms with Crippen molar-refractivity contribution in [3.8, 4) is 11.1 Å². The summed E-state index contributed by atoms with van der Waals surface area (Å²) in [4.78, 5) is 34.9. The second-order valence-corrected chi connectivity index (χ2v) is 9.44. The molecule has 1 atom stereocenters. The third-order valence-electron chi connectivity index (χ3n) is 6.78. The molecule has 1 N–H and O–H groups in total. The average Bonchev–Trinajstić information content (AvgIpc) is 3.59. The summed E-state index contributed by atoms with van der Waals surface area (Å²) in [7, 11) is 1.39. The Balaban J connectivity index is 1.74. The van der Waals surface area contributed by atoms with Crippen LogP contribution in [0.4, 0.5) is 23.4 Å². The topological polar surface area (TPSA) is 94.7 Å². The van der Waals surface area contributed by atoms with Gasteiger partial charge in [-0.25, -0.2) is 19.0 Å². The van der Waals surface area contributed by atoms with Crippen LogP contribution >= 0.6 is 0 Å². The maximum absolute atomic E-state index is 14.9. The van der Waals surface area contributed by atoms with Crippen LogP contribution in [-0.4, -0.2) is 24.3 Å². The van der Waals surface area contributed by atoms with E-state index in [2.05, 4.69) is 20.4 Å². The number of halogens is 4. The summed E-state index contributed by atoms with van der Waals surface area (Å²) in [5.41, 5.74) is -2.59. The third-order valence-corrected chi connectivity index (χ3v) is 6.78. The Bertz CT molecular complexity index is 1640. The molecule has 0 spiro atoms. The Morgan fingerprint density at radius 1 is 1.11 bits per heavy atom. The van der Waals surface area contributed by atoms with E-state index in [1.807, 2.05) is 6.92 Å². The van der Waals surface area contributed by atoms with Gasteiger partial charge in [-0.3, -0.25) is 9.59 Å². The first-order valence-corrected chi connectivity index (χ1v) is 11.5. The van der Waals surface area contributed by atoms with Gasteiger partial charge < -0.3 is 9.88 Å². The van der Waals surface area contributed by atoms with Crippen molar-refractivity contribution in [2.24, 2.45) is 7.05 Å². The number of nitrogens with one attached hydrogen (secondary N) is 1. The molecule has 0 amide bonds. The number of aromatic nitrogens is 5. The average molecular weight is 514 g/mol. The molecule has 0 unspecified atom stereocenters. The predicted molar refractivity (Wildman–Crippen MR) is 129 cm³/mol. The summed E-state index contributed by atoms with van der Waals surface area (Å²) in [5, 5.41) is 7.56. The van der Waals surface area contributed by atoms with E-state index in [-0.39, 0.29) is 27.7 Å². The normalized spacial score (nSPS) is 15.5. The molecule has 1 fully saturated rings. The first-order valence-electron chi connectivity index (χ1n) is 11.5. The van der Waals surface area contributed by atoms with Crippen molar-refractivity contribution in [1.29, 1.82) is 0 Å². The zero-order valence-corrected chi connectivity index (χ0v) is 20.1. The van der Waals surface area contributed by atoms with Gasteiger partial charge in [-0.15, -0.1) is 0 Å². The van der Waals surface area contributed by atoms with Gasteiger partial charge in [0.1, 0.15) is 12.1 Å². The molecular formula is C25H22F4N6O2. The summed E-state index contributed by atoms with van der Waals surface area (Å²) >= 11 is 0. The first kappa shape index (κ1) is 24.6. The van der Waals surface area contributed by atoms with Crippen molar-refractivity contribution in [3.63, 3.8) is 0 Å². The van der Waals surface area contributed by atoms with E-state index in [4.69, 9.17) is 0 Å². The molecule has 0 aliphatic heterocycles. The zero-order valence-electron chi connectivity index (χ0n) is 20.1. The molecule has 1 saturated carbocycles. The number of pyridine rings is 1. The van der Waals surface area contributed by atoms with E-state index in [0.717, 1.165) is 23.6 Å². The van der Waals surface area contributed by atoms with E-state index >= 15 is 0 Å². The van der Waals surface area contributed by atoms with Gasteiger partial charge in [0.2, 0.25) is 0 Å². The van der Waals surface area contributed by atoms with Crippen LogP contribution in [0.25, 0.3) is 21.9 Å². The van der Waals surface area contributed by atoms with Crippen molar-refractivity contribution in [2.75, 3.05) is 5.32 Å². The van der Waals surface area contributed by atoms with Crippen LogP contribution in [0.3, 0.4) is 0 Å². The van der Waals surface area contributed by atoms with Crippen LogP contribution < -0.4 is 16.4 Å². The minimum absolute atomic E-state index is 0.0528. The fourth-order valence-electron chi connectivity index (χ4n) is 4.44. The zero-order chi connectivity index (χ0) is 26.7. The maximum atomic E-state index is 14.9. The molecular weight excluding hydrogens is 492 g/mol. The van der Waals surface area contributed by atoms with Gasteiger partial charge in [0.25, 0.3) is 11.1 Å². The van der Waals surface area contributed by atoms with Gasteiger partial charge in [-0.2, -0.15) is 18.3 Å². The monoisotopic (exact) mass is 514 g/mol. The van der Waals surface area contributed by atoms with E-state index < -0.39 is 40.3 Å². The van der Waals surface area contributed by atoms with E-state index in [9.17, 15) is 27.2 Å². The quantitative estimate of drug-likeness (QED) is 0.397. The highest BCUT2D eigenvalue weighted by molar-refractivity contribution is 6.00. The number of alkyl halides is 3. The second kappa shape index (κ2) is 8.49. The summed E-state index contributed by atoms with van der Waals surface area (Å²) in [6.45, 7) is 3.40. The van der Waals surface area contributed by atoms with Gasteiger partial charge in [0.15, 0.2) is 5.82 Å². The molecule has 1 aliphatic carbocycles. The minimum atomic E-state index is -4.86. The van der Waals surface area contributed by atoms with Crippen molar-refractivity contribution >= 4 is 16.6 Å². The number of hydrogen-bond donors (Lipinski definition) is 1. The standard InChI is InChI=1S/C25H22F4N6O2/c1-13(15-5-4-6-17(20(15)26)25(27,28)29)32-21-16-11-35(24(2)7-8-24)23(37)18(14-9-30-12-31-10-14)19(16)22(36)34(3)33-21/h4-6,9-13H,7-8H2,1-3H3,(H,32,33)/t13-/m1/s1. The molecule has 1 aliphatic rings. The number of nitrogens with zero attached hydrogens (tertiary/aromatic N) is 5. The Labute approximate surface area is 207 Å². The number of rotatable bonds is 5. The Hall–Kier alpha value is -4.09. The van der Waals surface area contributed by atoms with Crippen LogP contribution in [0, 0.1) is 5.82 Å². The SMILES string of the molecule is C[C@@H](Nc1nn(C)c(=O)c2c(-c3cncnc3)c(=O)n(C3(C)CC3)cc12)c1cccc(C(F)(F)F)c1F. The Morgan fingerprint density at radius 2 is 1.78 bits per heavy atom. The number of aryl methyl sites for hydroxylation is 1. The summed E-state index contributed by atoms with van der Waals surface area (Å²) in [5.74, 6) is -1.29. The lowest BCUT2D eigenvalue weighted by Crippen LogP contribution is -2.32. The summed E-state index contributed by atoms with van der Waals surface area (Å²) < 4.78 is 57.2. The van der Waals surface area contributed by atoms with Gasteiger partial charge in [-0.05, 0) is 32.8 Å². The lowest BCUT2D eigenvalue weighted by atomic mass is 10.0. The molecule has 0 radical (unpaired) electrons. The summed E-state index contributed by atoms with van der Waals surface area (Å²) in [6, 6.07) is 2.09. The maximum Gasteiger partial charge on any atom is 0.419 e. The van der Waals surface area contributed by atoms with E-state index in [0.29, 0.717) is 11.6 Å². The third kappa shape index (κ3) is 4.15. The van der Waals surface area contributed by atoms with Crippen LogP contribution in [0.2, 0.25) is 0 Å². The predicted octanol–water partition coefficient (Wildman–Crippen LogP) is 4.39. The molecule has 5 rings (SSSR count). The number of fused-ring (bicyclic) bond motifs is 1. The lowest BCUT2D eigenvalue weighted by Gasteiger charge is -2.22. The molecule has 1 aromatic carbocycles. The molecule has 192 valence electrons. The number of hydrogen-bond acceptors (Lipinski definition) is 6. The number of benzene rings is 1. The van der Waals surface area contributed by atoms with Gasteiger partial charge in [-0.1, -0.05) is 12.1 Å². The highest BCUT2D eigenvalue weighted by atomic mass is 19.4. The lowest BCUT2D eigenvalue weighted by molar-refractivity contribution is -0.140. The molecule has 0 bridgehead atoms. The number of anilines is 1. The van der Waals surface area contributed by atoms with Crippen LogP contribution in [0.1, 0.15) is 43.9 Å². The summed E-state index contributed by atoms with van der Waals surface area (Å²) in [6.07, 6.45) is 2.32. The molecule has 3 aromatic heterocycles. The minimum Gasteiger partial charge on any atom is -0.361 e. The fraction of sp³-hybridized carbons (Fsp3) is 0.320. The smallest absolute Gasteiger partial charge is 0.361 e. The van der Waals surface area contributed by atoms with Crippen LogP contribution in [0.15, 0.2) is 52.7 Å². The van der Waals surface area contributed by atoms with Crippen molar-refractivity contribution in [1.82, 2.24) is 24.3 Å². The van der Waals surface area contributed by atoms with Crippen molar-refractivity contribution < 1.29 is 17.6 Å². The molecule has 8 nitrogen and oxygen atoms in total. The molecule has 3 heterocycles. The Kier molecular flexibility index (Phi) is 5.65. The Morgan fingerprint density at radius 3 is 2.41 bits per heavy atom. The fourth-order valence-corrected chi connectivity index (χ4v) is 4.44. The van der Waals surface area contributed by atoms with E-state index in [1.165, 1.54) is 45.0 Å². The molecule has 12 heteroatoms. The van der Waals surface area contributed by atoms with Gasteiger partial charge in [0.05, 0.1) is 22.6 Å². The van der Waals surface area contributed by atoms with Crippen LogP contribution in [-0.2, 0) is 18.8 Å². The van der Waals surface area contributed by atoms with Crippen LogP contribution in [0.5, 0.6) is 0 Å². The highest BCUT2D eigenvalue weighted by Crippen LogP contribution is 2.43. The first-order chi connectivity index (χ1) is 17.4. The highest BCUT2D eigenvalue weighted by Gasteiger charge is 2.41. The van der Waals surface area contributed by atoms with Crippen molar-refractivity contribution in [3.05, 3.63) is 80.8 Å². The van der Waals surface area contributed by atoms with Gasteiger partial charge >= 0.3 is 6.18 Å². The second-order valence-electron chi connectivity index (χ2n) is 9.44. The van der Waals surface area contributed by atoms with Crippen molar-refractivity contribution in [2.45, 2.75) is 44.4 Å². The molecule has 4 aromatic rings. The largest absolute Gasteiger partial charge is 0.419 e. The van der Waals surface area contributed by atoms with E-state index in [1.54, 1.807) is 4.57 Å². The molecule has 0 saturated heterocycles. The molecule has 37 heavy (non-hydrogen) atoms.